The number of carbonyl (C=O) groups excluding carboxylic acids is 1. The van der Waals surface area contributed by atoms with E-state index in [1.807, 2.05) is 36.6 Å². The van der Waals surface area contributed by atoms with Crippen molar-refractivity contribution in [2.75, 3.05) is 6.54 Å². The second kappa shape index (κ2) is 7.90. The number of nitrogens with zero attached hydrogens (tertiary/aromatic N) is 1. The molecule has 112 valence electrons. The number of aryl methyl sites for hydroxylation is 2. The van der Waals surface area contributed by atoms with Crippen LogP contribution in [0.15, 0.2) is 29.6 Å². The van der Waals surface area contributed by atoms with E-state index < -0.39 is 0 Å². The number of rotatable bonds is 7. The zero-order valence-electron chi connectivity index (χ0n) is 12.3. The molecule has 0 aliphatic carbocycles. The van der Waals surface area contributed by atoms with Crippen molar-refractivity contribution in [3.05, 3.63) is 51.5 Å². The van der Waals surface area contributed by atoms with E-state index in [1.165, 1.54) is 5.56 Å². The summed E-state index contributed by atoms with van der Waals surface area (Å²) in [5.74, 6) is 0.00579. The van der Waals surface area contributed by atoms with Crippen LogP contribution in [0.5, 0.6) is 0 Å². The van der Waals surface area contributed by atoms with Gasteiger partial charge in [0.05, 0.1) is 17.1 Å². The van der Waals surface area contributed by atoms with Gasteiger partial charge in [-0.2, -0.15) is 0 Å². The van der Waals surface area contributed by atoms with Crippen LogP contribution < -0.4 is 11.1 Å². The molecule has 0 radical (unpaired) electrons. The molecule has 0 atom stereocenters. The summed E-state index contributed by atoms with van der Waals surface area (Å²) >= 11 is 1.60. The highest BCUT2D eigenvalue weighted by atomic mass is 32.1. The SMILES string of the molecule is Cc1ccc(CNC(=O)Cc2csc(CCCN)n2)cc1. The molecule has 0 unspecified atom stereocenters. The maximum atomic E-state index is 11.9. The van der Waals surface area contributed by atoms with Gasteiger partial charge < -0.3 is 11.1 Å². The largest absolute Gasteiger partial charge is 0.352 e. The molecule has 0 spiro atoms. The first kappa shape index (κ1) is 15.7. The molecule has 1 aromatic heterocycles. The van der Waals surface area contributed by atoms with Crippen molar-refractivity contribution < 1.29 is 4.79 Å². The molecule has 3 N–H and O–H groups in total. The Morgan fingerprint density at radius 2 is 2.10 bits per heavy atom. The van der Waals surface area contributed by atoms with Gasteiger partial charge in [-0.15, -0.1) is 11.3 Å². The number of amides is 1. The van der Waals surface area contributed by atoms with Crippen LogP contribution in [-0.2, 0) is 24.2 Å². The number of carbonyl (C=O) groups is 1. The summed E-state index contributed by atoms with van der Waals surface area (Å²) in [5.41, 5.74) is 8.65. The van der Waals surface area contributed by atoms with Gasteiger partial charge in [0.25, 0.3) is 0 Å². The lowest BCUT2D eigenvalue weighted by molar-refractivity contribution is -0.120. The summed E-state index contributed by atoms with van der Waals surface area (Å²) in [4.78, 5) is 16.4. The number of hydrogen-bond acceptors (Lipinski definition) is 4. The van der Waals surface area contributed by atoms with E-state index in [-0.39, 0.29) is 5.91 Å². The monoisotopic (exact) mass is 303 g/mol. The minimum atomic E-state index is 0.00579. The Morgan fingerprint density at radius 3 is 2.81 bits per heavy atom. The lowest BCUT2D eigenvalue weighted by Crippen LogP contribution is -2.24. The Hall–Kier alpha value is -1.72. The summed E-state index contributed by atoms with van der Waals surface area (Å²) in [6, 6.07) is 8.16. The Labute approximate surface area is 129 Å². The van der Waals surface area contributed by atoms with Crippen molar-refractivity contribution in [3.8, 4) is 0 Å². The number of hydrogen-bond donors (Lipinski definition) is 2. The average Bonchev–Trinajstić information content (AvgIpc) is 2.92. The van der Waals surface area contributed by atoms with Crippen LogP contribution in [0.25, 0.3) is 0 Å². The van der Waals surface area contributed by atoms with Gasteiger partial charge in [-0.05, 0) is 25.5 Å². The van der Waals surface area contributed by atoms with Gasteiger partial charge in [-0.25, -0.2) is 4.98 Å². The lowest BCUT2D eigenvalue weighted by atomic mass is 10.1. The third-order valence-electron chi connectivity index (χ3n) is 3.15. The van der Waals surface area contributed by atoms with Crippen molar-refractivity contribution in [2.45, 2.75) is 32.7 Å². The molecule has 0 saturated heterocycles. The third kappa shape index (κ3) is 5.28. The Kier molecular flexibility index (Phi) is 5.90. The molecule has 21 heavy (non-hydrogen) atoms. The maximum Gasteiger partial charge on any atom is 0.226 e. The molecule has 0 aliphatic rings. The molecule has 0 fully saturated rings. The molecule has 1 heterocycles. The molecule has 4 nitrogen and oxygen atoms in total. The topological polar surface area (TPSA) is 68.0 Å². The molecule has 0 aliphatic heterocycles. The summed E-state index contributed by atoms with van der Waals surface area (Å²) in [6.07, 6.45) is 2.17. The van der Waals surface area contributed by atoms with Crippen LogP contribution >= 0.6 is 11.3 Å². The molecule has 0 bridgehead atoms. The smallest absolute Gasteiger partial charge is 0.226 e. The van der Waals surface area contributed by atoms with Gasteiger partial charge in [-0.3, -0.25) is 4.79 Å². The molecule has 0 saturated carbocycles. The van der Waals surface area contributed by atoms with Gasteiger partial charge >= 0.3 is 0 Å². The molecule has 2 aromatic rings. The number of aromatic nitrogens is 1. The predicted molar refractivity (Wildman–Crippen MR) is 86.2 cm³/mol. The van der Waals surface area contributed by atoms with Crippen LogP contribution in [0.4, 0.5) is 0 Å². The van der Waals surface area contributed by atoms with E-state index in [1.54, 1.807) is 11.3 Å². The normalized spacial score (nSPS) is 10.6. The van der Waals surface area contributed by atoms with Gasteiger partial charge in [0.1, 0.15) is 0 Å². The van der Waals surface area contributed by atoms with Crippen LogP contribution in [0.1, 0.15) is 28.2 Å². The maximum absolute atomic E-state index is 11.9. The summed E-state index contributed by atoms with van der Waals surface area (Å²) in [6.45, 7) is 3.28. The van der Waals surface area contributed by atoms with E-state index in [0.29, 0.717) is 19.5 Å². The quantitative estimate of drug-likeness (QED) is 0.824. The van der Waals surface area contributed by atoms with Crippen molar-refractivity contribution in [3.63, 3.8) is 0 Å². The number of nitrogens with two attached hydrogens (primary N) is 1. The Balaban J connectivity index is 1.78. The summed E-state index contributed by atoms with van der Waals surface area (Å²) in [5, 5.41) is 5.94. The van der Waals surface area contributed by atoms with Crippen LogP contribution in [0, 0.1) is 6.92 Å². The Morgan fingerprint density at radius 1 is 1.33 bits per heavy atom. The fourth-order valence-corrected chi connectivity index (χ4v) is 2.77. The second-order valence-corrected chi connectivity index (χ2v) is 6.01. The Bertz CT molecular complexity index is 577. The summed E-state index contributed by atoms with van der Waals surface area (Å²) in [7, 11) is 0. The molecule has 1 amide bonds. The molecular formula is C16H21N3OS. The van der Waals surface area contributed by atoms with E-state index in [2.05, 4.69) is 10.3 Å². The van der Waals surface area contributed by atoms with E-state index in [0.717, 1.165) is 29.1 Å². The second-order valence-electron chi connectivity index (χ2n) is 5.06. The first-order valence-corrected chi connectivity index (χ1v) is 8.01. The fourth-order valence-electron chi connectivity index (χ4n) is 1.93. The first-order valence-electron chi connectivity index (χ1n) is 7.13. The number of nitrogens with one attached hydrogen (secondary N) is 1. The highest BCUT2D eigenvalue weighted by molar-refractivity contribution is 7.09. The predicted octanol–water partition coefficient (Wildman–Crippen LogP) is 2.20. The molecule has 1 aromatic carbocycles. The van der Waals surface area contributed by atoms with Gasteiger partial charge in [0.2, 0.25) is 5.91 Å². The highest BCUT2D eigenvalue weighted by Gasteiger charge is 2.07. The van der Waals surface area contributed by atoms with Crippen molar-refractivity contribution >= 4 is 17.2 Å². The molecule has 5 heteroatoms. The van der Waals surface area contributed by atoms with Gasteiger partial charge in [0.15, 0.2) is 0 Å². The minimum Gasteiger partial charge on any atom is -0.352 e. The van der Waals surface area contributed by atoms with Crippen LogP contribution in [0.3, 0.4) is 0 Å². The van der Waals surface area contributed by atoms with E-state index >= 15 is 0 Å². The van der Waals surface area contributed by atoms with E-state index in [9.17, 15) is 4.79 Å². The third-order valence-corrected chi connectivity index (χ3v) is 4.10. The molecular weight excluding hydrogens is 282 g/mol. The number of benzene rings is 1. The molecule has 2 rings (SSSR count). The van der Waals surface area contributed by atoms with Crippen molar-refractivity contribution in [2.24, 2.45) is 5.73 Å². The van der Waals surface area contributed by atoms with Crippen molar-refractivity contribution in [1.82, 2.24) is 10.3 Å². The standard InChI is InChI=1S/C16H21N3OS/c1-12-4-6-13(7-5-12)10-18-15(20)9-14-11-21-16(19-14)3-2-8-17/h4-7,11H,2-3,8-10,17H2,1H3,(H,18,20). The van der Waals surface area contributed by atoms with Crippen LogP contribution in [0.2, 0.25) is 0 Å². The van der Waals surface area contributed by atoms with Crippen molar-refractivity contribution in [1.29, 1.82) is 0 Å². The fraction of sp³-hybridized carbons (Fsp3) is 0.375. The van der Waals surface area contributed by atoms with Gasteiger partial charge in [-0.1, -0.05) is 29.8 Å². The first-order chi connectivity index (χ1) is 10.2. The van der Waals surface area contributed by atoms with E-state index in [4.69, 9.17) is 5.73 Å². The minimum absolute atomic E-state index is 0.00579. The zero-order valence-corrected chi connectivity index (χ0v) is 13.1. The summed E-state index contributed by atoms with van der Waals surface area (Å²) < 4.78 is 0. The zero-order chi connectivity index (χ0) is 15.1. The number of thiazole rings is 1. The average molecular weight is 303 g/mol. The van der Waals surface area contributed by atoms with Crippen LogP contribution in [-0.4, -0.2) is 17.4 Å². The highest BCUT2D eigenvalue weighted by Crippen LogP contribution is 2.12. The van der Waals surface area contributed by atoms with Gasteiger partial charge in [0, 0.05) is 18.3 Å². The lowest BCUT2D eigenvalue weighted by Gasteiger charge is -2.04.